The van der Waals surface area contributed by atoms with Gasteiger partial charge in [-0.3, -0.25) is 4.98 Å². The van der Waals surface area contributed by atoms with Gasteiger partial charge in [-0.2, -0.15) is 0 Å². The molecule has 5 radical (unpaired) electrons. The topological polar surface area (TPSA) is 31.4 Å². The molecule has 1 aliphatic heterocycles. The fourth-order valence-corrected chi connectivity index (χ4v) is 2.61. The van der Waals surface area contributed by atoms with E-state index < -0.39 is 0 Å². The smallest absolute Gasteiger partial charge is 0.165 e. The average Bonchev–Trinajstić information content (AvgIpc) is 2.89. The maximum absolute atomic E-state index is 5.67. The van der Waals surface area contributed by atoms with Gasteiger partial charge in [0.05, 0.1) is 13.2 Å². The van der Waals surface area contributed by atoms with Crippen molar-refractivity contribution >= 4 is 15.9 Å². The van der Waals surface area contributed by atoms with Crippen molar-refractivity contribution < 1.29 is 9.47 Å². The second kappa shape index (κ2) is 5.68. The third-order valence-electron chi connectivity index (χ3n) is 2.99. The number of rotatable bonds is 2. The van der Waals surface area contributed by atoms with Gasteiger partial charge in [0.25, 0.3) is 0 Å². The maximum atomic E-state index is 5.67. The van der Waals surface area contributed by atoms with E-state index in [0.29, 0.717) is 0 Å². The van der Waals surface area contributed by atoms with Crippen LogP contribution >= 0.6 is 15.9 Å². The highest BCUT2D eigenvalue weighted by atomic mass is 79.9. The van der Waals surface area contributed by atoms with E-state index in [9.17, 15) is 0 Å². The van der Waals surface area contributed by atoms with Gasteiger partial charge in [0.15, 0.2) is 6.29 Å². The summed E-state index contributed by atoms with van der Waals surface area (Å²) in [6.45, 7) is 1.51. The first-order valence-corrected chi connectivity index (χ1v) is 6.74. The quantitative estimate of drug-likeness (QED) is 0.842. The number of hydrogen-bond donors (Lipinski definition) is 0. The molecule has 0 aromatic carbocycles. The van der Waals surface area contributed by atoms with E-state index in [1.165, 1.54) is 0 Å². The number of ether oxygens (including phenoxy) is 2. The van der Waals surface area contributed by atoms with Crippen LogP contribution in [0.15, 0.2) is 22.9 Å². The number of halogens is 1. The first-order valence-electron chi connectivity index (χ1n) is 5.95. The molecule has 93 valence electrons. The summed E-state index contributed by atoms with van der Waals surface area (Å²) in [5.74, 6) is 2.22. The Morgan fingerprint density at radius 3 is 2.83 bits per heavy atom. The molecule has 4 heteroatoms. The zero-order chi connectivity index (χ0) is 12.4. The van der Waals surface area contributed by atoms with Gasteiger partial charge in [-0.1, -0.05) is 0 Å². The van der Waals surface area contributed by atoms with Gasteiger partial charge in [-0.15, -0.1) is 0 Å². The minimum Gasteiger partial charge on any atom is -0.352 e. The third kappa shape index (κ3) is 2.46. The van der Waals surface area contributed by atoms with Gasteiger partial charge in [0.2, 0.25) is 0 Å². The highest BCUT2D eigenvalue weighted by Gasteiger charge is 2.39. The summed E-state index contributed by atoms with van der Waals surface area (Å²) in [7, 11) is 0. The summed E-state index contributed by atoms with van der Waals surface area (Å²) in [6.07, 6.45) is 10.5. The van der Waals surface area contributed by atoms with Crippen LogP contribution in [0.3, 0.4) is 0 Å². The van der Waals surface area contributed by atoms with Crippen LogP contribution in [0.1, 0.15) is 12.0 Å². The lowest BCUT2D eigenvalue weighted by Crippen LogP contribution is -2.32. The molecule has 1 aromatic rings. The van der Waals surface area contributed by atoms with E-state index in [2.05, 4.69) is 33.8 Å². The molecule has 0 spiro atoms. The molecule has 0 atom stereocenters. The molecule has 18 heavy (non-hydrogen) atoms. The van der Waals surface area contributed by atoms with E-state index >= 15 is 0 Å². The first kappa shape index (κ1) is 12.6. The van der Waals surface area contributed by atoms with Crippen molar-refractivity contribution in [2.45, 2.75) is 12.7 Å². The Morgan fingerprint density at radius 1 is 1.22 bits per heavy atom. The summed E-state index contributed by atoms with van der Waals surface area (Å²) < 4.78 is 12.3. The normalized spacial score (nSPS) is 23.6. The van der Waals surface area contributed by atoms with E-state index in [0.717, 1.165) is 41.5 Å². The summed E-state index contributed by atoms with van der Waals surface area (Å²) in [5.41, 5.74) is 1.11. The second-order valence-corrected chi connectivity index (χ2v) is 5.03. The van der Waals surface area contributed by atoms with Crippen LogP contribution in [0.2, 0.25) is 0 Å². The lowest BCUT2D eigenvalue weighted by atomic mass is 9.89. The SMILES string of the molecule is Brc1cnccc1[C]1[CH][CH][CH][C]1C1OCCCO1. The van der Waals surface area contributed by atoms with Crippen molar-refractivity contribution in [3.63, 3.8) is 0 Å². The molecular weight excluding hydrogens is 294 g/mol. The first-order chi connectivity index (χ1) is 8.86. The Kier molecular flexibility index (Phi) is 3.97. The van der Waals surface area contributed by atoms with Crippen LogP contribution < -0.4 is 0 Å². The summed E-state index contributed by atoms with van der Waals surface area (Å²) >= 11 is 3.53. The number of aromatic nitrogens is 1. The largest absolute Gasteiger partial charge is 0.352 e. The molecule has 0 amide bonds. The Bertz CT molecular complexity index is 407. The lowest BCUT2D eigenvalue weighted by Gasteiger charge is -2.31. The number of pyridine rings is 1. The van der Waals surface area contributed by atoms with Gasteiger partial charge in [-0.05, 0) is 53.2 Å². The Hall–Kier alpha value is -0.450. The van der Waals surface area contributed by atoms with Crippen LogP contribution in [0.4, 0.5) is 0 Å². The number of hydrogen-bond acceptors (Lipinski definition) is 3. The minimum absolute atomic E-state index is 0.246. The van der Waals surface area contributed by atoms with E-state index in [-0.39, 0.29) is 6.29 Å². The lowest BCUT2D eigenvalue weighted by molar-refractivity contribution is -0.165. The zero-order valence-corrected chi connectivity index (χ0v) is 11.4. The van der Waals surface area contributed by atoms with E-state index in [1.54, 1.807) is 12.4 Å². The number of nitrogens with zero attached hydrogens (tertiary/aromatic N) is 1. The van der Waals surface area contributed by atoms with Gasteiger partial charge in [-0.25, -0.2) is 0 Å². The summed E-state index contributed by atoms with van der Waals surface area (Å²) in [6, 6.07) is 1.99. The predicted molar refractivity (Wildman–Crippen MR) is 70.7 cm³/mol. The highest BCUT2D eigenvalue weighted by Crippen LogP contribution is 2.44. The molecule has 1 aliphatic carbocycles. The van der Waals surface area contributed by atoms with Crippen molar-refractivity contribution in [3.8, 4) is 0 Å². The van der Waals surface area contributed by atoms with E-state index in [4.69, 9.17) is 9.47 Å². The van der Waals surface area contributed by atoms with Crippen LogP contribution in [0.25, 0.3) is 0 Å². The summed E-state index contributed by atoms with van der Waals surface area (Å²) in [5, 5.41) is 0. The molecule has 3 nitrogen and oxygen atoms in total. The van der Waals surface area contributed by atoms with Gasteiger partial charge in [0.1, 0.15) is 0 Å². The Balaban J connectivity index is 1.80. The standard InChI is InChI=1S/C14H13BrNO2/c15-13-9-16-6-5-11(13)10-3-1-4-12(10)14-17-7-2-8-18-14/h1,3-6,9,14H,2,7-8H2. The molecule has 0 unspecified atom stereocenters. The predicted octanol–water partition coefficient (Wildman–Crippen LogP) is 2.73. The fraction of sp³-hybridized carbons (Fsp3) is 0.286. The Labute approximate surface area is 116 Å². The van der Waals surface area contributed by atoms with Gasteiger partial charge in [0, 0.05) is 28.7 Å². The molecule has 1 aromatic heterocycles. The van der Waals surface area contributed by atoms with Gasteiger partial charge >= 0.3 is 0 Å². The molecule has 2 aliphatic rings. The van der Waals surface area contributed by atoms with Crippen LogP contribution in [-0.2, 0) is 9.47 Å². The monoisotopic (exact) mass is 306 g/mol. The van der Waals surface area contributed by atoms with Crippen molar-refractivity contribution in [1.82, 2.24) is 4.98 Å². The molecule has 2 fully saturated rings. The molecule has 0 N–H and O–H groups in total. The molecule has 2 heterocycles. The maximum Gasteiger partial charge on any atom is 0.165 e. The van der Waals surface area contributed by atoms with Crippen molar-refractivity contribution in [2.24, 2.45) is 0 Å². The molecule has 1 saturated carbocycles. The van der Waals surface area contributed by atoms with Crippen molar-refractivity contribution in [2.75, 3.05) is 13.2 Å². The van der Waals surface area contributed by atoms with Crippen molar-refractivity contribution in [3.05, 3.63) is 59.6 Å². The Morgan fingerprint density at radius 2 is 2.06 bits per heavy atom. The van der Waals surface area contributed by atoms with Crippen molar-refractivity contribution in [1.29, 1.82) is 0 Å². The minimum atomic E-state index is -0.246. The molecule has 3 rings (SSSR count). The summed E-state index contributed by atoms with van der Waals surface area (Å²) in [4.78, 5) is 4.09. The third-order valence-corrected chi connectivity index (χ3v) is 3.63. The molecule has 1 saturated heterocycles. The molecule has 0 bridgehead atoms. The van der Waals surface area contributed by atoms with Gasteiger partial charge < -0.3 is 9.47 Å². The highest BCUT2D eigenvalue weighted by molar-refractivity contribution is 9.10. The second-order valence-electron chi connectivity index (χ2n) is 4.18. The fourth-order valence-electron chi connectivity index (χ4n) is 2.15. The van der Waals surface area contributed by atoms with E-state index in [1.807, 2.05) is 12.5 Å². The van der Waals surface area contributed by atoms with Crippen LogP contribution in [-0.4, -0.2) is 24.5 Å². The average molecular weight is 307 g/mol. The zero-order valence-electron chi connectivity index (χ0n) is 9.80. The molecular formula is C14H13BrNO2. The van der Waals surface area contributed by atoms with Crippen LogP contribution in [0, 0.1) is 31.1 Å². The van der Waals surface area contributed by atoms with Crippen LogP contribution in [0.5, 0.6) is 0 Å².